The lowest BCUT2D eigenvalue weighted by Gasteiger charge is -2.11. The molecule has 0 amide bonds. The van der Waals surface area contributed by atoms with Crippen molar-refractivity contribution in [2.75, 3.05) is 19.0 Å². The molecule has 2 rings (SSSR count). The van der Waals surface area contributed by atoms with Crippen molar-refractivity contribution in [3.63, 3.8) is 0 Å². The van der Waals surface area contributed by atoms with Crippen LogP contribution in [-0.4, -0.2) is 29.0 Å². The van der Waals surface area contributed by atoms with E-state index >= 15 is 0 Å². The Hall–Kier alpha value is -0.850. The average molecular weight is 316 g/mol. The van der Waals surface area contributed by atoms with Gasteiger partial charge in [-0.1, -0.05) is 6.92 Å². The summed E-state index contributed by atoms with van der Waals surface area (Å²) in [5.74, 6) is 0.973. The molecule has 2 heterocycles. The van der Waals surface area contributed by atoms with E-state index in [-0.39, 0.29) is 0 Å². The normalized spacial score (nSPS) is 10.9. The van der Waals surface area contributed by atoms with E-state index in [0.29, 0.717) is 0 Å². The van der Waals surface area contributed by atoms with Crippen molar-refractivity contribution >= 4 is 39.4 Å². The largest absolute Gasteiger partial charge is 0.362 e. The lowest BCUT2D eigenvalue weighted by atomic mass is 10.3. The topological polar surface area (TPSA) is 44.8 Å². The number of halogens is 1. The lowest BCUT2D eigenvalue weighted by Crippen LogP contribution is -2.11. The zero-order valence-corrected chi connectivity index (χ0v) is 11.2. The summed E-state index contributed by atoms with van der Waals surface area (Å²) in [6, 6.07) is 0. The number of nitrogens with zero attached hydrogens (tertiary/aromatic N) is 3. The van der Waals surface area contributed by atoms with Gasteiger partial charge in [-0.3, -0.25) is 0 Å². The molecular formula is C10H13IN4. The van der Waals surface area contributed by atoms with Crippen LogP contribution in [0, 0.1) is 3.57 Å². The molecule has 0 saturated carbocycles. The smallest absolute Gasteiger partial charge is 0.144 e. The molecule has 0 saturated heterocycles. The maximum Gasteiger partial charge on any atom is 0.144 e. The lowest BCUT2D eigenvalue weighted by molar-refractivity contribution is 1.05. The number of aromatic amines is 1. The third-order valence-electron chi connectivity index (χ3n) is 2.36. The highest BCUT2D eigenvalue weighted by molar-refractivity contribution is 14.1. The predicted molar refractivity (Wildman–Crippen MR) is 70.3 cm³/mol. The monoisotopic (exact) mass is 316 g/mol. The Morgan fingerprint density at radius 2 is 2.13 bits per heavy atom. The number of aryl methyl sites for hydroxylation is 1. The second-order valence-electron chi connectivity index (χ2n) is 3.59. The highest BCUT2D eigenvalue weighted by Crippen LogP contribution is 2.29. The van der Waals surface area contributed by atoms with E-state index in [9.17, 15) is 0 Å². The van der Waals surface area contributed by atoms with Crippen LogP contribution in [0.5, 0.6) is 0 Å². The fourth-order valence-electron chi connectivity index (χ4n) is 1.60. The van der Waals surface area contributed by atoms with Crippen molar-refractivity contribution in [1.82, 2.24) is 15.0 Å². The van der Waals surface area contributed by atoms with Crippen LogP contribution in [0.3, 0.4) is 0 Å². The summed E-state index contributed by atoms with van der Waals surface area (Å²) in [6.07, 6.45) is 2.59. The fraction of sp³-hybridized carbons (Fsp3) is 0.400. The Bertz CT molecular complexity index is 489. The summed E-state index contributed by atoms with van der Waals surface area (Å²) < 4.78 is 1.23. The van der Waals surface area contributed by atoms with E-state index in [1.807, 2.05) is 19.0 Å². The van der Waals surface area contributed by atoms with E-state index in [4.69, 9.17) is 0 Å². The van der Waals surface area contributed by atoms with Crippen molar-refractivity contribution in [2.24, 2.45) is 0 Å². The first-order valence-electron chi connectivity index (χ1n) is 4.83. The van der Waals surface area contributed by atoms with Gasteiger partial charge in [0.25, 0.3) is 0 Å². The van der Waals surface area contributed by atoms with Gasteiger partial charge in [0, 0.05) is 23.4 Å². The number of rotatable bonds is 2. The van der Waals surface area contributed by atoms with Crippen LogP contribution in [0.4, 0.5) is 5.82 Å². The minimum atomic E-state index is 0.926. The molecule has 0 aliphatic heterocycles. The van der Waals surface area contributed by atoms with Crippen LogP contribution in [0.2, 0.25) is 0 Å². The van der Waals surface area contributed by atoms with Gasteiger partial charge >= 0.3 is 0 Å². The molecule has 80 valence electrons. The van der Waals surface area contributed by atoms with Gasteiger partial charge in [-0.15, -0.1) is 0 Å². The Labute approximate surface area is 102 Å². The highest BCUT2D eigenvalue weighted by atomic mass is 127. The fourth-order valence-corrected chi connectivity index (χ4v) is 2.62. The number of nitrogens with one attached hydrogen (secondary N) is 1. The highest BCUT2D eigenvalue weighted by Gasteiger charge is 2.14. The van der Waals surface area contributed by atoms with Crippen LogP contribution in [0.15, 0.2) is 6.33 Å². The van der Waals surface area contributed by atoms with Crippen molar-refractivity contribution in [2.45, 2.75) is 13.3 Å². The molecule has 0 aromatic carbocycles. The van der Waals surface area contributed by atoms with Gasteiger partial charge < -0.3 is 9.88 Å². The van der Waals surface area contributed by atoms with Crippen molar-refractivity contribution in [3.05, 3.63) is 15.6 Å². The number of hydrogen-bond acceptors (Lipinski definition) is 3. The number of hydrogen-bond donors (Lipinski definition) is 1. The first kappa shape index (κ1) is 10.7. The molecule has 0 spiro atoms. The van der Waals surface area contributed by atoms with Crippen LogP contribution < -0.4 is 4.90 Å². The summed E-state index contributed by atoms with van der Waals surface area (Å²) >= 11 is 2.35. The van der Waals surface area contributed by atoms with Gasteiger partial charge in [0.05, 0.1) is 5.39 Å². The van der Waals surface area contributed by atoms with Gasteiger partial charge in [-0.25, -0.2) is 9.97 Å². The molecule has 15 heavy (non-hydrogen) atoms. The number of fused-ring (bicyclic) bond motifs is 1. The summed E-state index contributed by atoms with van der Waals surface area (Å²) in [4.78, 5) is 13.9. The third-order valence-corrected chi connectivity index (χ3v) is 3.55. The zero-order valence-electron chi connectivity index (χ0n) is 9.00. The van der Waals surface area contributed by atoms with Crippen molar-refractivity contribution in [1.29, 1.82) is 0 Å². The molecule has 2 aromatic heterocycles. The summed E-state index contributed by atoms with van der Waals surface area (Å²) in [5.41, 5.74) is 2.16. The van der Waals surface area contributed by atoms with Crippen LogP contribution in [0.1, 0.15) is 12.6 Å². The second-order valence-corrected chi connectivity index (χ2v) is 4.67. The first-order chi connectivity index (χ1) is 7.15. The van der Waals surface area contributed by atoms with Gasteiger partial charge in [-0.2, -0.15) is 0 Å². The molecular weight excluding hydrogens is 303 g/mol. The van der Waals surface area contributed by atoms with Crippen molar-refractivity contribution < 1.29 is 0 Å². The molecule has 1 N–H and O–H groups in total. The maximum absolute atomic E-state index is 4.30. The molecule has 0 unspecified atom stereocenters. The Morgan fingerprint density at radius 1 is 1.40 bits per heavy atom. The minimum absolute atomic E-state index is 0.926. The van der Waals surface area contributed by atoms with E-state index in [0.717, 1.165) is 23.3 Å². The number of H-pyrrole nitrogens is 1. The van der Waals surface area contributed by atoms with Crippen LogP contribution in [0.25, 0.3) is 11.0 Å². The van der Waals surface area contributed by atoms with E-state index in [1.165, 1.54) is 9.26 Å². The van der Waals surface area contributed by atoms with Gasteiger partial charge in [0.15, 0.2) is 0 Å². The van der Waals surface area contributed by atoms with Crippen LogP contribution in [-0.2, 0) is 6.42 Å². The predicted octanol–water partition coefficient (Wildman–Crippen LogP) is 2.19. The van der Waals surface area contributed by atoms with E-state index in [2.05, 4.69) is 44.5 Å². The first-order valence-corrected chi connectivity index (χ1v) is 5.91. The molecule has 5 heteroatoms. The Morgan fingerprint density at radius 3 is 2.73 bits per heavy atom. The zero-order chi connectivity index (χ0) is 11.0. The van der Waals surface area contributed by atoms with E-state index in [1.54, 1.807) is 6.33 Å². The number of anilines is 1. The number of aromatic nitrogens is 3. The molecule has 0 bridgehead atoms. The molecule has 0 aliphatic rings. The standard InChI is InChI=1S/C10H13IN4/c1-4-6-8(11)7-9(14-6)12-5-13-10(7)15(2)3/h5H,4H2,1-3H3,(H,12,13,14). The minimum Gasteiger partial charge on any atom is -0.362 e. The molecule has 2 aromatic rings. The van der Waals surface area contributed by atoms with E-state index < -0.39 is 0 Å². The summed E-state index contributed by atoms with van der Waals surface area (Å²) in [7, 11) is 3.99. The van der Waals surface area contributed by atoms with Crippen LogP contribution >= 0.6 is 22.6 Å². The van der Waals surface area contributed by atoms with Gasteiger partial charge in [0.2, 0.25) is 0 Å². The molecule has 0 radical (unpaired) electrons. The SMILES string of the molecule is CCc1[nH]c2ncnc(N(C)C)c2c1I. The molecule has 0 aliphatic carbocycles. The molecule has 4 nitrogen and oxygen atoms in total. The summed E-state index contributed by atoms with van der Waals surface area (Å²) in [5, 5.41) is 1.12. The average Bonchev–Trinajstić information content (AvgIpc) is 2.55. The maximum atomic E-state index is 4.30. The molecule has 0 fully saturated rings. The van der Waals surface area contributed by atoms with Gasteiger partial charge in [0.1, 0.15) is 17.8 Å². The second kappa shape index (κ2) is 3.96. The molecule has 0 atom stereocenters. The quantitative estimate of drug-likeness (QED) is 0.864. The van der Waals surface area contributed by atoms with Crippen molar-refractivity contribution in [3.8, 4) is 0 Å². The Kier molecular flexibility index (Phi) is 2.81. The Balaban J connectivity index is 2.78. The summed E-state index contributed by atoms with van der Waals surface area (Å²) in [6.45, 7) is 2.13. The third kappa shape index (κ3) is 1.68. The van der Waals surface area contributed by atoms with Gasteiger partial charge in [-0.05, 0) is 29.0 Å².